The van der Waals surface area contributed by atoms with Crippen LogP contribution in [0.2, 0.25) is 35.2 Å². The summed E-state index contributed by atoms with van der Waals surface area (Å²) < 4.78 is 10.7. The summed E-state index contributed by atoms with van der Waals surface area (Å²) >= 11 is 40.1. The zero-order valence-corrected chi connectivity index (χ0v) is 56.4. The number of unbranched alkanes of at least 4 members (excludes halogenated alkanes) is 1. The second-order valence-corrected chi connectivity index (χ2v) is 22.9. The number of aliphatic hydroxyl groups excluding tert-OH is 1. The van der Waals surface area contributed by atoms with Gasteiger partial charge in [-0.25, -0.2) is 0 Å². The lowest BCUT2D eigenvalue weighted by molar-refractivity contribution is -0.127. The SMILES string of the molecule is CCCC(C)(O)c1ccc(Cl)cc1.CCCC(O)c1ccc(Cl)cc1.CCCCc1ccc(Cl)cc1.CCCN(C)C(=O)c1ccc(Cl)cc1.CCCOC(OC)c1ccc(Cl)cc1.CCCc1ccc(Cl)cc1.CNC(=O)c1ccc(Cl)cc1. The van der Waals surface area contributed by atoms with Gasteiger partial charge in [0.25, 0.3) is 11.8 Å². The van der Waals surface area contributed by atoms with E-state index >= 15 is 0 Å². The molecule has 85 heavy (non-hydrogen) atoms. The number of nitrogens with one attached hydrogen (secondary N) is 1. The van der Waals surface area contributed by atoms with Gasteiger partial charge in [-0.2, -0.15) is 0 Å². The number of nitrogens with zero attached hydrogens (tertiary/aromatic N) is 1. The zero-order chi connectivity index (χ0) is 63.6. The number of halogens is 7. The quantitative estimate of drug-likeness (QED) is 0.0656. The molecule has 464 valence electrons. The van der Waals surface area contributed by atoms with Crippen molar-refractivity contribution in [2.24, 2.45) is 0 Å². The molecule has 3 unspecified atom stereocenters. The van der Waals surface area contributed by atoms with Crippen molar-refractivity contribution in [1.29, 1.82) is 0 Å². The van der Waals surface area contributed by atoms with E-state index in [2.05, 4.69) is 64.2 Å². The average Bonchev–Trinajstić information content (AvgIpc) is 3.61. The van der Waals surface area contributed by atoms with E-state index in [-0.39, 0.29) is 24.2 Å². The number of hydrogen-bond acceptors (Lipinski definition) is 6. The minimum atomic E-state index is -0.723. The van der Waals surface area contributed by atoms with Crippen molar-refractivity contribution < 1.29 is 29.3 Å². The topological polar surface area (TPSA) is 108 Å². The molecule has 3 N–H and O–H groups in total. The van der Waals surface area contributed by atoms with Crippen molar-refractivity contribution in [2.45, 2.75) is 137 Å². The number of methoxy groups -OCH3 is 1. The molecule has 0 fully saturated rings. The summed E-state index contributed by atoms with van der Waals surface area (Å²) in [5, 5.41) is 27.2. The molecule has 0 aliphatic heterocycles. The van der Waals surface area contributed by atoms with Gasteiger partial charge in [0.1, 0.15) is 0 Å². The van der Waals surface area contributed by atoms with E-state index in [1.165, 1.54) is 36.8 Å². The average molecular weight is 1300 g/mol. The highest BCUT2D eigenvalue weighted by Gasteiger charge is 2.21. The number of rotatable bonds is 20. The fraction of sp³-hybridized carbons (Fsp3) is 0.371. The lowest BCUT2D eigenvalue weighted by atomic mass is 9.92. The van der Waals surface area contributed by atoms with Crippen molar-refractivity contribution in [1.82, 2.24) is 10.2 Å². The van der Waals surface area contributed by atoms with Crippen molar-refractivity contribution in [3.8, 4) is 0 Å². The van der Waals surface area contributed by atoms with E-state index in [4.69, 9.17) is 90.7 Å². The van der Waals surface area contributed by atoms with E-state index in [0.717, 1.165) is 83.2 Å². The number of aryl methyl sites for hydroxylation is 2. The number of carbonyl (C=O) groups excluding carboxylic acids is 2. The van der Waals surface area contributed by atoms with Gasteiger partial charge in [0.15, 0.2) is 6.29 Å². The van der Waals surface area contributed by atoms with Crippen LogP contribution >= 0.6 is 81.2 Å². The Morgan fingerprint density at radius 3 is 1.29 bits per heavy atom. The maximum absolute atomic E-state index is 11.7. The van der Waals surface area contributed by atoms with Crippen molar-refractivity contribution in [3.05, 3.63) is 244 Å². The standard InChI is InChI=1S/C11H14ClNO.C11H15ClO2.C11H15ClO.C10H13ClO.C10H13Cl.C9H11Cl.C8H8ClNO/c1-3-8-13(2)11(14)9-4-6-10(12)7-5-9;1-3-8-14-11(13-2)9-4-6-10(12)7-5-9;1-3-8-11(2,13)9-4-6-10(12)7-5-9;1-2-3-10(12)8-4-6-9(11)7-5-8;1-2-3-4-9-5-7-10(11)8-6-9;1-2-3-8-4-6-9(10)7-5-8;1-10-8(11)6-2-4-7(9)5-3-6/h4-7H,3,8H2,1-2H3;4-7,11H,3,8H2,1-2H3;4-7,13H,3,8H2,1-2H3;4-7,10,12H,2-3H2,1H3;5-8H,2-4H2,1H3;4-7H,2-3H2,1H3;2-5H,1H3,(H,10,11). The van der Waals surface area contributed by atoms with Crippen molar-refractivity contribution in [2.75, 3.05) is 34.4 Å². The number of aliphatic hydroxyl groups is 2. The van der Waals surface area contributed by atoms with Crippen molar-refractivity contribution >= 4 is 93.0 Å². The van der Waals surface area contributed by atoms with Crippen LogP contribution in [0.15, 0.2) is 170 Å². The van der Waals surface area contributed by atoms with Gasteiger partial charge in [0.2, 0.25) is 0 Å². The van der Waals surface area contributed by atoms with Crippen LogP contribution in [0.4, 0.5) is 0 Å². The molecular weight excluding hydrogens is 1210 g/mol. The minimum absolute atomic E-state index is 0.0449. The molecule has 7 aromatic carbocycles. The first-order valence-electron chi connectivity index (χ1n) is 28.9. The number of ether oxygens (including phenoxy) is 2. The highest BCUT2D eigenvalue weighted by molar-refractivity contribution is 6.32. The summed E-state index contributed by atoms with van der Waals surface area (Å²) in [6.07, 6.45) is 10.9. The van der Waals surface area contributed by atoms with E-state index in [1.54, 1.807) is 98.9 Å². The van der Waals surface area contributed by atoms with Crippen LogP contribution in [0, 0.1) is 0 Å². The van der Waals surface area contributed by atoms with Crippen LogP contribution in [0.5, 0.6) is 0 Å². The van der Waals surface area contributed by atoms with E-state index in [0.29, 0.717) is 37.8 Å². The number of amides is 2. The molecule has 15 heteroatoms. The Labute approximate surface area is 544 Å². The fourth-order valence-electron chi connectivity index (χ4n) is 7.68. The van der Waals surface area contributed by atoms with Crippen LogP contribution < -0.4 is 5.32 Å². The van der Waals surface area contributed by atoms with E-state index < -0.39 is 5.60 Å². The highest BCUT2D eigenvalue weighted by atomic mass is 35.5. The van der Waals surface area contributed by atoms with Gasteiger partial charge in [-0.15, -0.1) is 0 Å². The predicted octanol–water partition coefficient (Wildman–Crippen LogP) is 21.4. The molecule has 7 rings (SSSR count). The second kappa shape index (κ2) is 46.5. The Bertz CT molecular complexity index is 2800. The van der Waals surface area contributed by atoms with Gasteiger partial charge in [-0.1, -0.05) is 209 Å². The largest absolute Gasteiger partial charge is 0.388 e. The number of benzene rings is 7. The summed E-state index contributed by atoms with van der Waals surface area (Å²) in [7, 11) is 5.03. The van der Waals surface area contributed by atoms with E-state index in [9.17, 15) is 19.8 Å². The third-order valence-electron chi connectivity index (χ3n) is 12.4. The molecule has 0 heterocycles. The first-order valence-corrected chi connectivity index (χ1v) is 31.6. The Balaban J connectivity index is 0.000000497. The Kier molecular flexibility index (Phi) is 42.9. The normalized spacial score (nSPS) is 11.6. The molecule has 0 aliphatic rings. The van der Waals surface area contributed by atoms with Crippen LogP contribution in [0.3, 0.4) is 0 Å². The first kappa shape index (κ1) is 78.4. The molecule has 0 saturated heterocycles. The molecule has 2 amide bonds. The van der Waals surface area contributed by atoms with Crippen LogP contribution in [0.25, 0.3) is 0 Å². The lowest BCUT2D eigenvalue weighted by Gasteiger charge is -2.23. The molecule has 0 bridgehead atoms. The maximum atomic E-state index is 11.7. The molecule has 3 atom stereocenters. The van der Waals surface area contributed by atoms with Gasteiger partial charge in [0.05, 0.1) is 11.7 Å². The van der Waals surface area contributed by atoms with Crippen molar-refractivity contribution in [3.63, 3.8) is 0 Å². The maximum Gasteiger partial charge on any atom is 0.253 e. The van der Waals surface area contributed by atoms with Crippen LogP contribution in [-0.2, 0) is 27.9 Å². The number of hydrogen-bond donors (Lipinski definition) is 3. The minimum Gasteiger partial charge on any atom is -0.388 e. The van der Waals surface area contributed by atoms with Gasteiger partial charge in [-0.3, -0.25) is 9.59 Å². The molecule has 0 radical (unpaired) electrons. The number of carbonyl (C=O) groups is 2. The van der Waals surface area contributed by atoms with Gasteiger partial charge >= 0.3 is 0 Å². The Morgan fingerprint density at radius 2 is 0.918 bits per heavy atom. The Hall–Kier alpha value is -4.65. The second-order valence-electron chi connectivity index (χ2n) is 19.8. The molecule has 0 spiro atoms. The van der Waals surface area contributed by atoms with E-state index in [1.807, 2.05) is 86.6 Å². The third kappa shape index (κ3) is 35.1. The zero-order valence-electron chi connectivity index (χ0n) is 51.1. The molecular formula is C70H89Cl7N2O6. The highest BCUT2D eigenvalue weighted by Crippen LogP contribution is 2.27. The fourth-order valence-corrected chi connectivity index (χ4v) is 8.56. The molecule has 0 saturated carbocycles. The van der Waals surface area contributed by atoms with Gasteiger partial charge in [0, 0.05) is 86.2 Å². The van der Waals surface area contributed by atoms with Crippen LogP contribution in [0.1, 0.15) is 167 Å². The molecule has 7 aromatic rings. The summed E-state index contributed by atoms with van der Waals surface area (Å²) in [6, 6.07) is 52.0. The first-order chi connectivity index (χ1) is 40.6. The summed E-state index contributed by atoms with van der Waals surface area (Å²) in [5.74, 6) is -0.0508. The summed E-state index contributed by atoms with van der Waals surface area (Å²) in [5.41, 5.74) is 6.20. The third-order valence-corrected chi connectivity index (χ3v) is 14.1. The predicted molar refractivity (Wildman–Crippen MR) is 364 cm³/mol. The molecule has 8 nitrogen and oxygen atoms in total. The van der Waals surface area contributed by atoms with Gasteiger partial charge in [-0.05, 0) is 183 Å². The summed E-state index contributed by atoms with van der Waals surface area (Å²) in [4.78, 5) is 24.4. The van der Waals surface area contributed by atoms with Gasteiger partial charge < -0.3 is 29.9 Å². The van der Waals surface area contributed by atoms with Crippen LogP contribution in [-0.4, -0.2) is 61.3 Å². The molecule has 0 aromatic heterocycles. The smallest absolute Gasteiger partial charge is 0.253 e. The molecule has 0 aliphatic carbocycles. The lowest BCUT2D eigenvalue weighted by Crippen LogP contribution is -2.27. The monoisotopic (exact) mass is 1300 g/mol. The Morgan fingerprint density at radius 1 is 0.518 bits per heavy atom. The summed E-state index contributed by atoms with van der Waals surface area (Å²) in [6.45, 7) is 15.9.